The Bertz CT molecular complexity index is 660. The number of nitrogens with one attached hydrogen (secondary N) is 3. The van der Waals surface area contributed by atoms with Crippen LogP contribution in [0.4, 0.5) is 10.5 Å². The van der Waals surface area contributed by atoms with Crippen molar-refractivity contribution in [3.63, 3.8) is 0 Å². The van der Waals surface area contributed by atoms with Crippen molar-refractivity contribution in [2.24, 2.45) is 5.92 Å². The van der Waals surface area contributed by atoms with Crippen LogP contribution in [-0.2, 0) is 6.54 Å². The molecule has 0 saturated heterocycles. The summed E-state index contributed by atoms with van der Waals surface area (Å²) in [6, 6.07) is 11.2. The molecule has 4 N–H and O–H groups in total. The molecule has 0 fully saturated rings. The van der Waals surface area contributed by atoms with Gasteiger partial charge in [-0.3, -0.25) is 4.98 Å². The second-order valence-electron chi connectivity index (χ2n) is 7.01. The number of hydrogen-bond donors (Lipinski definition) is 4. The fourth-order valence-electron chi connectivity index (χ4n) is 2.73. The van der Waals surface area contributed by atoms with E-state index in [1.54, 1.807) is 12.4 Å². The van der Waals surface area contributed by atoms with Gasteiger partial charge in [-0.1, -0.05) is 70.7 Å². The first-order valence-electron chi connectivity index (χ1n) is 11.7. The largest absolute Gasteiger partial charge is 0.400 e. The zero-order valence-corrected chi connectivity index (χ0v) is 21.2. The van der Waals surface area contributed by atoms with Gasteiger partial charge < -0.3 is 21.1 Å². The summed E-state index contributed by atoms with van der Waals surface area (Å²) in [6.45, 7) is 12.2. The van der Waals surface area contributed by atoms with Gasteiger partial charge in [0.2, 0.25) is 0 Å². The Morgan fingerprint density at radius 3 is 2.28 bits per heavy atom. The first-order valence-corrected chi connectivity index (χ1v) is 11.7. The van der Waals surface area contributed by atoms with Crippen molar-refractivity contribution < 1.29 is 12.8 Å². The first-order chi connectivity index (χ1) is 15.6. The number of amides is 2. The number of carbonyl (C=O) groups is 1. The van der Waals surface area contributed by atoms with Gasteiger partial charge >= 0.3 is 6.03 Å². The molecule has 0 radical (unpaired) electrons. The number of rotatable bonds is 9. The van der Waals surface area contributed by atoms with Crippen molar-refractivity contribution in [3.05, 3.63) is 59.9 Å². The van der Waals surface area contributed by atoms with Crippen molar-refractivity contribution in [1.29, 1.82) is 0 Å². The molecule has 1 heterocycles. The smallest absolute Gasteiger partial charge is 0.319 e. The number of aliphatic hydroxyl groups excluding tert-OH is 1. The van der Waals surface area contributed by atoms with E-state index < -0.39 is 0 Å². The summed E-state index contributed by atoms with van der Waals surface area (Å²) in [4.78, 5) is 15.6. The van der Waals surface area contributed by atoms with Crippen LogP contribution in [0.1, 0.15) is 67.4 Å². The monoisotopic (exact) mass is 450 g/mol. The number of aliphatic hydroxyl groups is 1. The molecular weight excluding hydrogens is 400 g/mol. The van der Waals surface area contributed by atoms with E-state index in [9.17, 15) is 4.79 Å². The summed E-state index contributed by atoms with van der Waals surface area (Å²) in [6.07, 6.45) is 8.87. The fraction of sp³-hybridized carbons (Fsp3) is 0.538. The Morgan fingerprint density at radius 1 is 1.12 bits per heavy atom. The highest BCUT2D eigenvalue weighted by Gasteiger charge is 2.02. The highest BCUT2D eigenvalue weighted by molar-refractivity contribution is 5.89. The third kappa shape index (κ3) is 17.3. The molecular formula is C26H50N4O2. The third-order valence-corrected chi connectivity index (χ3v) is 4.52. The molecule has 0 saturated carbocycles. The Labute approximate surface area is 199 Å². The van der Waals surface area contributed by atoms with Crippen LogP contribution >= 0.6 is 0 Å². The molecule has 0 aliphatic rings. The molecule has 1 aromatic carbocycles. The van der Waals surface area contributed by atoms with Crippen LogP contribution in [0.15, 0.2) is 48.8 Å². The second-order valence-corrected chi connectivity index (χ2v) is 7.01. The molecule has 0 bridgehead atoms. The van der Waals surface area contributed by atoms with E-state index in [0.717, 1.165) is 29.8 Å². The van der Waals surface area contributed by atoms with Gasteiger partial charge in [0, 0.05) is 34.6 Å². The quantitative estimate of drug-likeness (QED) is 0.363. The van der Waals surface area contributed by atoms with Gasteiger partial charge in [0.05, 0.1) is 0 Å². The summed E-state index contributed by atoms with van der Waals surface area (Å²) < 4.78 is 0. The molecule has 2 amide bonds. The Balaban J connectivity index is -0.000000244. The van der Waals surface area contributed by atoms with Crippen LogP contribution < -0.4 is 16.0 Å². The number of benzene rings is 1. The van der Waals surface area contributed by atoms with Crippen LogP contribution in [-0.4, -0.2) is 36.8 Å². The Hall–Kier alpha value is -2.44. The van der Waals surface area contributed by atoms with Crippen LogP contribution in [0.2, 0.25) is 0 Å². The van der Waals surface area contributed by atoms with Gasteiger partial charge in [0.25, 0.3) is 0 Å². The first kappa shape index (κ1) is 31.7. The van der Waals surface area contributed by atoms with Crippen molar-refractivity contribution in [2.45, 2.75) is 66.8 Å². The number of aromatic nitrogens is 1. The topological polar surface area (TPSA) is 86.3 Å². The highest BCUT2D eigenvalue weighted by Crippen LogP contribution is 2.10. The molecule has 6 nitrogen and oxygen atoms in total. The number of anilines is 1. The molecule has 2 aromatic rings. The summed E-state index contributed by atoms with van der Waals surface area (Å²) in [7, 11) is 3.04. The predicted molar refractivity (Wildman–Crippen MR) is 142 cm³/mol. The molecule has 0 aliphatic heterocycles. The number of aryl methyl sites for hydroxylation is 1. The lowest BCUT2D eigenvalue weighted by atomic mass is 10.00. The number of hydrogen-bond acceptors (Lipinski definition) is 4. The highest BCUT2D eigenvalue weighted by atomic mass is 16.2. The van der Waals surface area contributed by atoms with Gasteiger partial charge in [-0.2, -0.15) is 0 Å². The summed E-state index contributed by atoms with van der Waals surface area (Å²) in [5.74, 6) is 0.907. The minimum absolute atomic E-state index is 0. The van der Waals surface area contributed by atoms with Crippen LogP contribution in [0.3, 0.4) is 0 Å². The zero-order chi connectivity index (χ0) is 24.6. The number of urea groups is 1. The maximum atomic E-state index is 11.6. The summed E-state index contributed by atoms with van der Waals surface area (Å²) in [5, 5.41) is 15.8. The minimum Gasteiger partial charge on any atom is -0.400 e. The minimum atomic E-state index is -0.220. The fourth-order valence-corrected chi connectivity index (χ4v) is 2.73. The summed E-state index contributed by atoms with van der Waals surface area (Å²) >= 11 is 0. The van der Waals surface area contributed by atoms with Gasteiger partial charge in [0.15, 0.2) is 0 Å². The Kier molecular flexibility index (Phi) is 23.0. The van der Waals surface area contributed by atoms with Crippen molar-refractivity contribution in [1.82, 2.24) is 15.6 Å². The van der Waals surface area contributed by atoms with Crippen LogP contribution in [0.25, 0.3) is 0 Å². The van der Waals surface area contributed by atoms with Crippen LogP contribution in [0.5, 0.6) is 0 Å². The van der Waals surface area contributed by atoms with Crippen LogP contribution in [0, 0.1) is 12.8 Å². The van der Waals surface area contributed by atoms with Gasteiger partial charge in [-0.15, -0.1) is 0 Å². The maximum Gasteiger partial charge on any atom is 0.319 e. The van der Waals surface area contributed by atoms with Crippen molar-refractivity contribution in [2.75, 3.05) is 26.0 Å². The van der Waals surface area contributed by atoms with E-state index in [1.165, 1.54) is 32.2 Å². The van der Waals surface area contributed by atoms with E-state index >= 15 is 0 Å². The van der Waals surface area contributed by atoms with Crippen molar-refractivity contribution >= 4 is 11.7 Å². The molecule has 6 heteroatoms. The molecule has 1 aromatic heterocycles. The molecule has 1 atom stereocenters. The van der Waals surface area contributed by atoms with Crippen molar-refractivity contribution in [3.8, 4) is 0 Å². The van der Waals surface area contributed by atoms with Gasteiger partial charge in [-0.25, -0.2) is 4.79 Å². The molecule has 0 aliphatic carbocycles. The van der Waals surface area contributed by atoms with E-state index in [1.807, 2.05) is 64.2 Å². The second kappa shape index (κ2) is 23.2. The number of pyridine rings is 1. The Morgan fingerprint density at radius 2 is 1.78 bits per heavy atom. The lowest BCUT2D eigenvalue weighted by Gasteiger charge is -2.12. The predicted octanol–water partition coefficient (Wildman–Crippen LogP) is 6.26. The van der Waals surface area contributed by atoms with Gasteiger partial charge in [0.1, 0.15) is 0 Å². The lowest BCUT2D eigenvalue weighted by Crippen LogP contribution is -2.28. The SMILES string of the molecule is CC.CCCCC(CC)CNC.CO.Cc1ccc(NC(=O)NCc2cccnc2)cc1.[HH].[HH]. The third-order valence-electron chi connectivity index (χ3n) is 4.52. The zero-order valence-electron chi connectivity index (χ0n) is 21.2. The molecule has 1 unspecified atom stereocenters. The lowest BCUT2D eigenvalue weighted by molar-refractivity contribution is 0.251. The normalized spacial score (nSPS) is 10.1. The van der Waals surface area contributed by atoms with Gasteiger partial charge in [-0.05, 0) is 56.6 Å². The summed E-state index contributed by atoms with van der Waals surface area (Å²) in [5.41, 5.74) is 2.91. The van der Waals surface area contributed by atoms with E-state index in [2.05, 4.69) is 34.8 Å². The molecule has 186 valence electrons. The van der Waals surface area contributed by atoms with E-state index in [0.29, 0.717) is 6.54 Å². The number of nitrogens with zero attached hydrogens (tertiary/aromatic N) is 1. The molecule has 2 rings (SSSR count). The average molecular weight is 451 g/mol. The molecule has 32 heavy (non-hydrogen) atoms. The molecule has 0 spiro atoms. The average Bonchev–Trinajstić information content (AvgIpc) is 2.85. The number of unbranched alkanes of at least 4 members (excludes halogenated alkanes) is 1. The number of carbonyl (C=O) groups excluding carboxylic acids is 1. The maximum absolute atomic E-state index is 11.6. The van der Waals surface area contributed by atoms with E-state index in [-0.39, 0.29) is 8.88 Å². The standard InChI is InChI=1S/C14H15N3O.C9H21N.C2H6.CH4O.2H2/c1-11-4-6-13(7-5-11)17-14(18)16-10-12-3-2-8-15-9-12;1-4-6-7-9(5-2)8-10-3;2*1-2;;/h2-9H,10H2,1H3,(H2,16,17,18);9-10H,4-8H2,1-3H3;1-2H3;2H,1H3;2*1H. The van der Waals surface area contributed by atoms with E-state index in [4.69, 9.17) is 5.11 Å².